The van der Waals surface area contributed by atoms with E-state index in [4.69, 9.17) is 13.7 Å². The molecule has 0 aliphatic heterocycles. The smallest absolute Gasteiger partial charge is 0.340 e. The van der Waals surface area contributed by atoms with Crippen LogP contribution in [-0.4, -0.2) is 30.2 Å². The largest absolute Gasteiger partial charge is 0.436 e. The van der Waals surface area contributed by atoms with Crippen molar-refractivity contribution in [2.75, 3.05) is 12.5 Å². The molecule has 3 aromatic heterocycles. The number of aromatic nitrogens is 2. The Morgan fingerprint density at radius 2 is 2.00 bits per heavy atom. The van der Waals surface area contributed by atoms with Gasteiger partial charge in [-0.05, 0) is 48.4 Å². The van der Waals surface area contributed by atoms with Crippen LogP contribution in [0, 0.1) is 18.6 Å². The Bertz CT molecular complexity index is 1460. The van der Waals surface area contributed by atoms with Gasteiger partial charge in [-0.2, -0.15) is 0 Å². The third kappa shape index (κ3) is 4.78. The molecular weight excluding hydrogens is 470 g/mol. The Kier molecular flexibility index (Phi) is 6.63. The number of hydrogen-bond donors (Lipinski definition) is 2. The van der Waals surface area contributed by atoms with E-state index in [0.717, 1.165) is 4.41 Å². The standard InChI is InChI=1S/C22H18F2N4O5S/c1-12-15-6-5-14(32-21-17(23)4-3-8-26-21)11-18(15)33-22(29)16(12)10-13-7-9-25-20(19(13)24)27-28(2)34(30)31/h3-9,11H,10H2,1-2H3,(H,25,27)(H,30,31). The van der Waals surface area contributed by atoms with Crippen molar-refractivity contribution in [1.82, 2.24) is 14.4 Å². The third-order valence-corrected chi connectivity index (χ3v) is 5.59. The molecule has 1 aromatic carbocycles. The number of nitrogens with zero attached hydrogens (tertiary/aromatic N) is 3. The summed E-state index contributed by atoms with van der Waals surface area (Å²) in [6.45, 7) is 1.70. The van der Waals surface area contributed by atoms with Gasteiger partial charge in [-0.25, -0.2) is 27.8 Å². The molecule has 0 spiro atoms. The van der Waals surface area contributed by atoms with Gasteiger partial charge in [-0.1, -0.05) is 0 Å². The van der Waals surface area contributed by atoms with Gasteiger partial charge in [0.2, 0.25) is 0 Å². The van der Waals surface area contributed by atoms with Gasteiger partial charge in [-0.15, -0.1) is 4.41 Å². The zero-order valence-corrected chi connectivity index (χ0v) is 18.7. The SMILES string of the molecule is Cc1c(Cc2ccnc(NN(C)S(=O)O)c2F)c(=O)oc2cc(Oc3ncccc3F)ccc12. The number of rotatable bonds is 7. The summed E-state index contributed by atoms with van der Waals surface area (Å²) >= 11 is -2.39. The molecule has 0 amide bonds. The molecule has 9 nitrogen and oxygen atoms in total. The summed E-state index contributed by atoms with van der Waals surface area (Å²) in [6.07, 6.45) is 2.60. The van der Waals surface area contributed by atoms with Gasteiger partial charge in [0.1, 0.15) is 11.3 Å². The molecule has 3 heterocycles. The number of fused-ring (bicyclic) bond motifs is 1. The third-order valence-electron chi connectivity index (χ3n) is 5.03. The lowest BCUT2D eigenvalue weighted by Crippen LogP contribution is -2.28. The van der Waals surface area contributed by atoms with Crippen molar-refractivity contribution < 1.29 is 26.7 Å². The maximum absolute atomic E-state index is 14.9. The van der Waals surface area contributed by atoms with E-state index in [2.05, 4.69) is 15.4 Å². The van der Waals surface area contributed by atoms with Crippen LogP contribution in [0.3, 0.4) is 0 Å². The molecule has 4 rings (SSSR count). The number of anilines is 1. The summed E-state index contributed by atoms with van der Waals surface area (Å²) in [5.41, 5.74) is 2.85. The minimum Gasteiger partial charge on any atom is -0.436 e. The van der Waals surface area contributed by atoms with E-state index >= 15 is 0 Å². The number of ether oxygens (including phenoxy) is 1. The molecule has 4 aromatic rings. The van der Waals surface area contributed by atoms with Gasteiger partial charge < -0.3 is 9.15 Å². The highest BCUT2D eigenvalue weighted by molar-refractivity contribution is 7.76. The highest BCUT2D eigenvalue weighted by atomic mass is 32.2. The van der Waals surface area contributed by atoms with Crippen molar-refractivity contribution in [3.05, 3.63) is 87.5 Å². The lowest BCUT2D eigenvalue weighted by atomic mass is 10.00. The maximum Gasteiger partial charge on any atom is 0.340 e. The molecule has 0 aliphatic rings. The molecule has 1 unspecified atom stereocenters. The first kappa shape index (κ1) is 23.4. The average Bonchev–Trinajstić information content (AvgIpc) is 2.80. The number of halogens is 2. The summed E-state index contributed by atoms with van der Waals surface area (Å²) in [4.78, 5) is 20.4. The Morgan fingerprint density at radius 3 is 2.74 bits per heavy atom. The van der Waals surface area contributed by atoms with E-state index in [1.807, 2.05) is 0 Å². The molecular formula is C22H18F2N4O5S. The van der Waals surface area contributed by atoms with Gasteiger partial charge in [0, 0.05) is 42.9 Å². The number of aryl methyl sites for hydroxylation is 1. The molecule has 34 heavy (non-hydrogen) atoms. The summed E-state index contributed by atoms with van der Waals surface area (Å²) in [5, 5.41) is 0.590. The van der Waals surface area contributed by atoms with Crippen molar-refractivity contribution in [3.8, 4) is 11.6 Å². The van der Waals surface area contributed by atoms with Crippen molar-refractivity contribution in [2.45, 2.75) is 13.3 Å². The maximum atomic E-state index is 14.9. The molecule has 0 saturated heterocycles. The van der Waals surface area contributed by atoms with Crippen LogP contribution in [0.15, 0.2) is 58.0 Å². The van der Waals surface area contributed by atoms with Crippen LogP contribution < -0.4 is 15.8 Å². The van der Waals surface area contributed by atoms with Gasteiger partial charge in [0.25, 0.3) is 17.1 Å². The topological polar surface area (TPSA) is 118 Å². The van der Waals surface area contributed by atoms with Crippen molar-refractivity contribution in [1.29, 1.82) is 0 Å². The molecule has 1 atom stereocenters. The Labute approximate surface area is 194 Å². The van der Waals surface area contributed by atoms with Crippen LogP contribution in [0.1, 0.15) is 16.7 Å². The minimum atomic E-state index is -2.39. The van der Waals surface area contributed by atoms with E-state index in [9.17, 15) is 17.8 Å². The lowest BCUT2D eigenvalue weighted by molar-refractivity contribution is 0.422. The Morgan fingerprint density at radius 1 is 1.21 bits per heavy atom. The summed E-state index contributed by atoms with van der Waals surface area (Å²) in [5.74, 6) is -1.68. The summed E-state index contributed by atoms with van der Waals surface area (Å²) in [6, 6.07) is 8.71. The summed E-state index contributed by atoms with van der Waals surface area (Å²) in [7, 11) is 1.24. The van der Waals surface area contributed by atoms with E-state index in [-0.39, 0.29) is 40.6 Å². The van der Waals surface area contributed by atoms with Crippen molar-refractivity contribution >= 4 is 28.1 Å². The molecule has 0 saturated carbocycles. The molecule has 0 radical (unpaired) electrons. The first-order chi connectivity index (χ1) is 16.2. The van der Waals surface area contributed by atoms with E-state index in [1.54, 1.807) is 19.1 Å². The van der Waals surface area contributed by atoms with E-state index < -0.39 is 28.5 Å². The van der Waals surface area contributed by atoms with Gasteiger partial charge >= 0.3 is 5.63 Å². The van der Waals surface area contributed by atoms with Crippen LogP contribution in [0.4, 0.5) is 14.6 Å². The average molecular weight is 488 g/mol. The number of hydrogen-bond acceptors (Lipinski definition) is 7. The number of hydrazine groups is 1. The second-order valence-electron chi connectivity index (χ2n) is 7.19. The lowest BCUT2D eigenvalue weighted by Gasteiger charge is -2.15. The number of nitrogens with one attached hydrogen (secondary N) is 1. The van der Waals surface area contributed by atoms with Gasteiger partial charge in [0.05, 0.1) is 0 Å². The monoisotopic (exact) mass is 488 g/mol. The van der Waals surface area contributed by atoms with Crippen LogP contribution in [0.25, 0.3) is 11.0 Å². The van der Waals surface area contributed by atoms with Crippen LogP contribution in [-0.2, 0) is 17.7 Å². The first-order valence-corrected chi connectivity index (χ1v) is 10.9. The second-order valence-corrected chi connectivity index (χ2v) is 8.20. The predicted octanol–water partition coefficient (Wildman–Crippen LogP) is 3.95. The Balaban J connectivity index is 1.66. The highest BCUT2D eigenvalue weighted by Crippen LogP contribution is 2.29. The summed E-state index contributed by atoms with van der Waals surface area (Å²) < 4.78 is 60.6. The Hall–Kier alpha value is -3.74. The number of pyridine rings is 2. The van der Waals surface area contributed by atoms with Crippen LogP contribution in [0.5, 0.6) is 11.6 Å². The molecule has 0 bridgehead atoms. The van der Waals surface area contributed by atoms with Crippen molar-refractivity contribution in [2.24, 2.45) is 0 Å². The minimum absolute atomic E-state index is 0.101. The zero-order valence-electron chi connectivity index (χ0n) is 17.9. The second kappa shape index (κ2) is 9.63. The normalized spacial score (nSPS) is 12.2. The zero-order chi connectivity index (χ0) is 24.4. The van der Waals surface area contributed by atoms with Crippen LogP contribution >= 0.6 is 0 Å². The molecule has 2 N–H and O–H groups in total. The molecule has 0 aliphatic carbocycles. The quantitative estimate of drug-likeness (QED) is 0.228. The van der Waals surface area contributed by atoms with E-state index in [1.165, 1.54) is 43.7 Å². The molecule has 176 valence electrons. The van der Waals surface area contributed by atoms with Gasteiger partial charge in [-0.3, -0.25) is 9.98 Å². The fourth-order valence-corrected chi connectivity index (χ4v) is 3.44. The van der Waals surface area contributed by atoms with Crippen molar-refractivity contribution in [3.63, 3.8) is 0 Å². The molecule has 12 heteroatoms. The van der Waals surface area contributed by atoms with Gasteiger partial charge in [0.15, 0.2) is 17.5 Å². The molecule has 0 fully saturated rings. The predicted molar refractivity (Wildman–Crippen MR) is 121 cm³/mol. The fourth-order valence-electron chi connectivity index (χ4n) is 3.28. The number of benzene rings is 1. The first-order valence-electron chi connectivity index (χ1n) is 9.84. The van der Waals surface area contributed by atoms with Crippen LogP contribution in [0.2, 0.25) is 0 Å². The highest BCUT2D eigenvalue weighted by Gasteiger charge is 2.18. The van der Waals surface area contributed by atoms with E-state index in [0.29, 0.717) is 10.9 Å². The fraction of sp³-hybridized carbons (Fsp3) is 0.136.